The van der Waals surface area contributed by atoms with E-state index in [0.717, 1.165) is 25.1 Å². The Hall–Kier alpha value is -1.33. The number of carbonyl (C=O) groups excluding carboxylic acids is 1. The number of hydrogen-bond donors (Lipinski definition) is 1. The van der Waals surface area contributed by atoms with Crippen molar-refractivity contribution in [1.82, 2.24) is 10.2 Å². The van der Waals surface area contributed by atoms with Crippen LogP contribution in [0.2, 0.25) is 0 Å². The topological polar surface area (TPSA) is 41.6 Å². The van der Waals surface area contributed by atoms with Crippen molar-refractivity contribution in [3.8, 4) is 5.75 Å². The lowest BCUT2D eigenvalue weighted by Gasteiger charge is -2.19. The summed E-state index contributed by atoms with van der Waals surface area (Å²) in [6.45, 7) is 2.32. The zero-order chi connectivity index (χ0) is 14.5. The number of halogens is 2. The lowest BCUT2D eigenvalue weighted by molar-refractivity contribution is -0.131. The molecule has 0 aliphatic carbocycles. The number of ether oxygens (including phenoxy) is 1. The van der Waals surface area contributed by atoms with Crippen LogP contribution in [0.5, 0.6) is 5.75 Å². The van der Waals surface area contributed by atoms with Crippen molar-refractivity contribution >= 4 is 18.3 Å². The van der Waals surface area contributed by atoms with Crippen molar-refractivity contribution in [2.75, 3.05) is 27.2 Å². The fourth-order valence-corrected chi connectivity index (χ4v) is 2.46. The largest absolute Gasteiger partial charge is 0.494 e. The smallest absolute Gasteiger partial charge is 0.222 e. The fourth-order valence-electron chi connectivity index (χ4n) is 2.46. The minimum atomic E-state index is -0.397. The maximum Gasteiger partial charge on any atom is 0.222 e. The Morgan fingerprint density at radius 3 is 2.86 bits per heavy atom. The predicted octanol–water partition coefficient (Wildman–Crippen LogP) is 2.21. The fraction of sp³-hybridized carbons (Fsp3) is 0.533. The lowest BCUT2D eigenvalue weighted by atomic mass is 10.0. The highest BCUT2D eigenvalue weighted by atomic mass is 35.5. The van der Waals surface area contributed by atoms with Crippen molar-refractivity contribution in [2.24, 2.45) is 5.92 Å². The summed E-state index contributed by atoms with van der Waals surface area (Å²) in [7, 11) is 3.19. The molecule has 1 unspecified atom stereocenters. The van der Waals surface area contributed by atoms with Crippen LogP contribution in [0.15, 0.2) is 18.2 Å². The van der Waals surface area contributed by atoms with Crippen LogP contribution < -0.4 is 10.1 Å². The van der Waals surface area contributed by atoms with Crippen LogP contribution in [0.25, 0.3) is 0 Å². The van der Waals surface area contributed by atoms with Crippen LogP contribution in [-0.2, 0) is 11.3 Å². The summed E-state index contributed by atoms with van der Waals surface area (Å²) in [5.41, 5.74) is 0.767. The first kappa shape index (κ1) is 17.7. The number of hydrogen-bond acceptors (Lipinski definition) is 3. The number of rotatable bonds is 5. The molecule has 1 fully saturated rings. The average Bonchev–Trinajstić information content (AvgIpc) is 2.91. The molecule has 1 N–H and O–H groups in total. The highest BCUT2D eigenvalue weighted by Gasteiger charge is 2.20. The van der Waals surface area contributed by atoms with E-state index >= 15 is 0 Å². The van der Waals surface area contributed by atoms with Gasteiger partial charge in [0.15, 0.2) is 11.6 Å². The zero-order valence-electron chi connectivity index (χ0n) is 12.4. The minimum Gasteiger partial charge on any atom is -0.494 e. The first-order valence-electron chi connectivity index (χ1n) is 6.87. The minimum absolute atomic E-state index is 0. The van der Waals surface area contributed by atoms with Gasteiger partial charge in [-0.1, -0.05) is 6.07 Å². The predicted molar refractivity (Wildman–Crippen MR) is 82.3 cm³/mol. The summed E-state index contributed by atoms with van der Waals surface area (Å²) in [5.74, 6) is 0.359. The van der Waals surface area contributed by atoms with Crippen molar-refractivity contribution in [3.05, 3.63) is 29.6 Å². The van der Waals surface area contributed by atoms with E-state index < -0.39 is 5.82 Å². The normalized spacial score (nSPS) is 17.2. The SMILES string of the molecule is COc1ccc(CN(C)C(=O)CC2CCNC2)cc1F.Cl. The summed E-state index contributed by atoms with van der Waals surface area (Å²) in [6.07, 6.45) is 1.61. The second-order valence-corrected chi connectivity index (χ2v) is 5.28. The standard InChI is InChI=1S/C15H21FN2O2.ClH/c1-18(15(19)8-11-5-6-17-9-11)10-12-3-4-14(20-2)13(16)7-12;/h3-4,7,11,17H,5-6,8-10H2,1-2H3;1H. The highest BCUT2D eigenvalue weighted by molar-refractivity contribution is 5.85. The molecule has 0 spiro atoms. The Kier molecular flexibility index (Phi) is 6.92. The molecule has 1 saturated heterocycles. The molecule has 0 aromatic heterocycles. The van der Waals surface area contributed by atoms with E-state index in [9.17, 15) is 9.18 Å². The van der Waals surface area contributed by atoms with Gasteiger partial charge in [0.05, 0.1) is 7.11 Å². The van der Waals surface area contributed by atoms with E-state index in [0.29, 0.717) is 18.9 Å². The molecule has 1 amide bonds. The Labute approximate surface area is 131 Å². The summed E-state index contributed by atoms with van der Waals surface area (Å²) < 4.78 is 18.5. The molecule has 1 atom stereocenters. The van der Waals surface area contributed by atoms with Crippen LogP contribution in [0.1, 0.15) is 18.4 Å². The number of benzene rings is 1. The van der Waals surface area contributed by atoms with Gasteiger partial charge in [0.1, 0.15) is 0 Å². The third kappa shape index (κ3) is 4.86. The van der Waals surface area contributed by atoms with E-state index in [-0.39, 0.29) is 24.1 Å². The van der Waals surface area contributed by atoms with Gasteiger partial charge in [0.25, 0.3) is 0 Å². The van der Waals surface area contributed by atoms with Crippen molar-refractivity contribution in [1.29, 1.82) is 0 Å². The van der Waals surface area contributed by atoms with Crippen LogP contribution >= 0.6 is 12.4 Å². The molecule has 118 valence electrons. The van der Waals surface area contributed by atoms with E-state index in [1.54, 1.807) is 24.1 Å². The Bertz CT molecular complexity index is 479. The van der Waals surface area contributed by atoms with Crippen molar-refractivity contribution in [3.63, 3.8) is 0 Å². The van der Waals surface area contributed by atoms with E-state index in [1.165, 1.54) is 13.2 Å². The Morgan fingerprint density at radius 2 is 2.29 bits per heavy atom. The highest BCUT2D eigenvalue weighted by Crippen LogP contribution is 2.19. The van der Waals surface area contributed by atoms with Gasteiger partial charge in [-0.15, -0.1) is 12.4 Å². The first-order chi connectivity index (χ1) is 9.60. The van der Waals surface area contributed by atoms with Gasteiger partial charge in [0, 0.05) is 20.0 Å². The molecule has 0 bridgehead atoms. The average molecular weight is 317 g/mol. The third-order valence-electron chi connectivity index (χ3n) is 3.69. The second-order valence-electron chi connectivity index (χ2n) is 5.28. The van der Waals surface area contributed by atoms with Crippen LogP contribution in [0, 0.1) is 11.7 Å². The van der Waals surface area contributed by atoms with E-state index in [1.807, 2.05) is 0 Å². The van der Waals surface area contributed by atoms with Crippen molar-refractivity contribution < 1.29 is 13.9 Å². The Morgan fingerprint density at radius 1 is 1.52 bits per heavy atom. The van der Waals surface area contributed by atoms with E-state index in [2.05, 4.69) is 5.32 Å². The molecular formula is C15H22ClFN2O2. The molecule has 1 aliphatic rings. The van der Waals surface area contributed by atoms with Crippen LogP contribution in [-0.4, -0.2) is 38.1 Å². The van der Waals surface area contributed by atoms with Crippen LogP contribution in [0.3, 0.4) is 0 Å². The van der Waals surface area contributed by atoms with Gasteiger partial charge < -0.3 is 15.0 Å². The molecule has 1 heterocycles. The molecule has 0 radical (unpaired) electrons. The van der Waals surface area contributed by atoms with Crippen LogP contribution in [0.4, 0.5) is 4.39 Å². The van der Waals surface area contributed by atoms with Gasteiger partial charge in [-0.3, -0.25) is 4.79 Å². The molecule has 6 heteroatoms. The molecule has 2 rings (SSSR count). The number of methoxy groups -OCH3 is 1. The number of nitrogens with zero attached hydrogens (tertiary/aromatic N) is 1. The quantitative estimate of drug-likeness (QED) is 0.905. The number of amides is 1. The summed E-state index contributed by atoms with van der Waals surface area (Å²) >= 11 is 0. The lowest BCUT2D eigenvalue weighted by Crippen LogP contribution is -2.28. The molecular weight excluding hydrogens is 295 g/mol. The zero-order valence-corrected chi connectivity index (χ0v) is 13.2. The van der Waals surface area contributed by atoms with Gasteiger partial charge in [-0.05, 0) is 43.1 Å². The molecule has 1 aliphatic heterocycles. The Balaban J connectivity index is 0.00000220. The van der Waals surface area contributed by atoms with Gasteiger partial charge in [0.2, 0.25) is 5.91 Å². The van der Waals surface area contributed by atoms with Gasteiger partial charge in [-0.2, -0.15) is 0 Å². The van der Waals surface area contributed by atoms with Gasteiger partial charge in [-0.25, -0.2) is 4.39 Å². The monoisotopic (exact) mass is 316 g/mol. The van der Waals surface area contributed by atoms with Crippen molar-refractivity contribution in [2.45, 2.75) is 19.4 Å². The third-order valence-corrected chi connectivity index (χ3v) is 3.69. The molecule has 1 aromatic rings. The molecule has 4 nitrogen and oxygen atoms in total. The van der Waals surface area contributed by atoms with Gasteiger partial charge >= 0.3 is 0 Å². The second kappa shape index (κ2) is 8.20. The molecule has 1 aromatic carbocycles. The van der Waals surface area contributed by atoms with E-state index in [4.69, 9.17) is 4.74 Å². The first-order valence-corrected chi connectivity index (χ1v) is 6.87. The number of carbonyl (C=O) groups is 1. The summed E-state index contributed by atoms with van der Waals surface area (Å²) in [6, 6.07) is 4.78. The summed E-state index contributed by atoms with van der Waals surface area (Å²) in [5, 5.41) is 3.25. The maximum atomic E-state index is 13.6. The summed E-state index contributed by atoms with van der Waals surface area (Å²) in [4.78, 5) is 13.7. The molecule has 21 heavy (non-hydrogen) atoms. The molecule has 0 saturated carbocycles. The number of nitrogens with one attached hydrogen (secondary N) is 1. The maximum absolute atomic E-state index is 13.6.